The summed E-state index contributed by atoms with van der Waals surface area (Å²) in [6, 6.07) is 9.25. The number of hydrogen-bond donors (Lipinski definition) is 1. The Hall–Kier alpha value is -2.14. The molecular weight excluding hydrogens is 336 g/mol. The van der Waals surface area contributed by atoms with Crippen LogP contribution in [0.15, 0.2) is 30.3 Å². The highest BCUT2D eigenvalue weighted by atomic mass is 35.5. The van der Waals surface area contributed by atoms with E-state index in [0.717, 1.165) is 36.0 Å². The molecule has 0 radical (unpaired) electrons. The first-order valence-electron chi connectivity index (χ1n) is 8.71. The van der Waals surface area contributed by atoms with Crippen LogP contribution in [0.1, 0.15) is 36.2 Å². The molecule has 1 aliphatic heterocycles. The van der Waals surface area contributed by atoms with Crippen LogP contribution in [0, 0.1) is 6.92 Å². The number of amides is 1. The largest absolute Gasteiger partial charge is 0.350 e. The van der Waals surface area contributed by atoms with Crippen molar-refractivity contribution in [3.05, 3.63) is 52.3 Å². The third kappa shape index (κ3) is 5.16. The van der Waals surface area contributed by atoms with E-state index in [-0.39, 0.29) is 5.91 Å². The topological polar surface area (TPSA) is 58.1 Å². The van der Waals surface area contributed by atoms with Crippen molar-refractivity contribution < 1.29 is 4.79 Å². The summed E-state index contributed by atoms with van der Waals surface area (Å²) in [5.74, 6) is 0.750. The van der Waals surface area contributed by atoms with Crippen molar-refractivity contribution in [2.24, 2.45) is 0 Å². The minimum atomic E-state index is -0.0295. The van der Waals surface area contributed by atoms with Gasteiger partial charge in [-0.2, -0.15) is 0 Å². The van der Waals surface area contributed by atoms with E-state index in [2.05, 4.69) is 20.2 Å². The summed E-state index contributed by atoms with van der Waals surface area (Å²) in [6.45, 7) is 4.39. The van der Waals surface area contributed by atoms with Crippen LogP contribution in [0.2, 0.25) is 5.02 Å². The van der Waals surface area contributed by atoms with Gasteiger partial charge in [-0.15, -0.1) is 0 Å². The Balaban J connectivity index is 1.59. The Labute approximate surface area is 153 Å². The number of nitrogens with zero attached hydrogens (tertiary/aromatic N) is 3. The van der Waals surface area contributed by atoms with E-state index in [0.29, 0.717) is 18.0 Å². The number of carbonyl (C=O) groups excluding carboxylic acids is 1. The van der Waals surface area contributed by atoms with Crippen LogP contribution in [0.3, 0.4) is 0 Å². The Morgan fingerprint density at radius 2 is 1.88 bits per heavy atom. The molecule has 1 saturated heterocycles. The zero-order chi connectivity index (χ0) is 17.6. The molecule has 2 heterocycles. The number of rotatable bonds is 5. The van der Waals surface area contributed by atoms with Gasteiger partial charge in [0, 0.05) is 23.8 Å². The number of aryl methyl sites for hydroxylation is 1. The molecule has 6 heteroatoms. The van der Waals surface area contributed by atoms with Crippen LogP contribution in [0.5, 0.6) is 0 Å². The number of aromatic nitrogens is 2. The van der Waals surface area contributed by atoms with Crippen LogP contribution in [0.25, 0.3) is 0 Å². The highest BCUT2D eigenvalue weighted by Gasteiger charge is 2.15. The molecule has 0 atom stereocenters. The van der Waals surface area contributed by atoms with Crippen molar-refractivity contribution in [1.82, 2.24) is 15.3 Å². The molecule has 3 rings (SSSR count). The summed E-state index contributed by atoms with van der Waals surface area (Å²) in [6.07, 6.45) is 3.98. The number of anilines is 1. The van der Waals surface area contributed by atoms with E-state index >= 15 is 0 Å². The van der Waals surface area contributed by atoms with Crippen molar-refractivity contribution >= 4 is 23.5 Å². The fourth-order valence-electron chi connectivity index (χ4n) is 2.98. The summed E-state index contributed by atoms with van der Waals surface area (Å²) in [4.78, 5) is 23.6. The lowest BCUT2D eigenvalue weighted by atomic mass is 10.1. The third-order valence-corrected chi connectivity index (χ3v) is 4.53. The van der Waals surface area contributed by atoms with Crippen LogP contribution >= 0.6 is 11.6 Å². The predicted octanol–water partition coefficient (Wildman–Crippen LogP) is 3.29. The van der Waals surface area contributed by atoms with Crippen molar-refractivity contribution in [2.75, 3.05) is 18.0 Å². The minimum absolute atomic E-state index is 0.0295. The van der Waals surface area contributed by atoms with E-state index in [9.17, 15) is 4.79 Å². The molecule has 5 nitrogen and oxygen atoms in total. The van der Waals surface area contributed by atoms with Gasteiger partial charge in [-0.05, 0) is 49.9 Å². The summed E-state index contributed by atoms with van der Waals surface area (Å²) >= 11 is 5.86. The summed E-state index contributed by atoms with van der Waals surface area (Å²) in [5, 5.41) is 3.61. The molecule has 1 N–H and O–H groups in total. The number of nitrogens with one attached hydrogen (secondary N) is 1. The van der Waals surface area contributed by atoms with E-state index in [4.69, 9.17) is 11.6 Å². The second-order valence-corrected chi connectivity index (χ2v) is 6.86. The molecule has 2 aromatic rings. The Morgan fingerprint density at radius 1 is 1.16 bits per heavy atom. The maximum absolute atomic E-state index is 12.1. The molecule has 25 heavy (non-hydrogen) atoms. The Morgan fingerprint density at radius 3 is 2.60 bits per heavy atom. The molecule has 1 aromatic heterocycles. The smallest absolute Gasteiger partial charge is 0.225 e. The lowest BCUT2D eigenvalue weighted by Crippen LogP contribution is -2.32. The quantitative estimate of drug-likeness (QED) is 0.891. The normalized spacial score (nSPS) is 14.4. The number of halogens is 1. The first kappa shape index (κ1) is 17.7. The van der Waals surface area contributed by atoms with Gasteiger partial charge < -0.3 is 10.2 Å². The summed E-state index contributed by atoms with van der Waals surface area (Å²) in [7, 11) is 0. The van der Waals surface area contributed by atoms with E-state index < -0.39 is 0 Å². The first-order chi connectivity index (χ1) is 12.1. The molecule has 0 aliphatic carbocycles. The maximum atomic E-state index is 12.1. The van der Waals surface area contributed by atoms with Crippen molar-refractivity contribution in [3.8, 4) is 0 Å². The van der Waals surface area contributed by atoms with Gasteiger partial charge in [-0.3, -0.25) is 4.79 Å². The lowest BCUT2D eigenvalue weighted by Gasteiger charge is -2.27. The number of carbonyl (C=O) groups is 1. The van der Waals surface area contributed by atoms with Crippen LogP contribution < -0.4 is 10.2 Å². The fraction of sp³-hybridized carbons (Fsp3) is 0.421. The van der Waals surface area contributed by atoms with Gasteiger partial charge in [-0.25, -0.2) is 9.97 Å². The van der Waals surface area contributed by atoms with Crippen molar-refractivity contribution in [3.63, 3.8) is 0 Å². The zero-order valence-corrected chi connectivity index (χ0v) is 15.2. The fourth-order valence-corrected chi connectivity index (χ4v) is 3.11. The standard InChI is InChI=1S/C19H23ClN4O/c1-14-11-17(23-19(22-14)24-9-3-2-4-10-24)13-21-18(25)12-15-5-7-16(20)8-6-15/h5-8,11H,2-4,9-10,12-13H2,1H3,(H,21,25). The minimum Gasteiger partial charge on any atom is -0.350 e. The summed E-state index contributed by atoms with van der Waals surface area (Å²) < 4.78 is 0. The molecule has 0 saturated carbocycles. The SMILES string of the molecule is Cc1cc(CNC(=O)Cc2ccc(Cl)cc2)nc(N2CCCCC2)n1. The Bertz CT molecular complexity index is 727. The number of benzene rings is 1. The van der Waals surface area contributed by atoms with Gasteiger partial charge in [0.1, 0.15) is 0 Å². The lowest BCUT2D eigenvalue weighted by molar-refractivity contribution is -0.120. The molecule has 1 fully saturated rings. The van der Waals surface area contributed by atoms with Gasteiger partial charge in [0.15, 0.2) is 0 Å². The Kier molecular flexibility index (Phi) is 5.87. The first-order valence-corrected chi connectivity index (χ1v) is 9.08. The van der Waals surface area contributed by atoms with E-state index in [1.165, 1.54) is 19.3 Å². The second-order valence-electron chi connectivity index (χ2n) is 6.43. The van der Waals surface area contributed by atoms with Gasteiger partial charge in [-0.1, -0.05) is 23.7 Å². The molecule has 132 valence electrons. The monoisotopic (exact) mass is 358 g/mol. The average Bonchev–Trinajstić information content (AvgIpc) is 2.62. The van der Waals surface area contributed by atoms with Crippen LogP contribution in [-0.4, -0.2) is 29.0 Å². The van der Waals surface area contributed by atoms with Gasteiger partial charge >= 0.3 is 0 Å². The second kappa shape index (κ2) is 8.30. The van der Waals surface area contributed by atoms with Crippen LogP contribution in [-0.2, 0) is 17.8 Å². The molecule has 0 spiro atoms. The van der Waals surface area contributed by atoms with Crippen molar-refractivity contribution in [2.45, 2.75) is 39.2 Å². The van der Waals surface area contributed by atoms with Crippen LogP contribution in [0.4, 0.5) is 5.95 Å². The zero-order valence-electron chi connectivity index (χ0n) is 14.5. The van der Waals surface area contributed by atoms with Gasteiger partial charge in [0.05, 0.1) is 18.7 Å². The average molecular weight is 359 g/mol. The van der Waals surface area contributed by atoms with Gasteiger partial charge in [0.25, 0.3) is 0 Å². The van der Waals surface area contributed by atoms with Gasteiger partial charge in [0.2, 0.25) is 11.9 Å². The summed E-state index contributed by atoms with van der Waals surface area (Å²) in [5.41, 5.74) is 2.71. The van der Waals surface area contributed by atoms with E-state index in [1.807, 2.05) is 25.1 Å². The highest BCUT2D eigenvalue weighted by Crippen LogP contribution is 2.16. The molecule has 1 aromatic carbocycles. The number of piperidine rings is 1. The molecule has 1 aliphatic rings. The maximum Gasteiger partial charge on any atom is 0.225 e. The molecular formula is C19H23ClN4O. The molecule has 0 unspecified atom stereocenters. The van der Waals surface area contributed by atoms with E-state index in [1.54, 1.807) is 12.1 Å². The third-order valence-electron chi connectivity index (χ3n) is 4.28. The predicted molar refractivity (Wildman–Crippen MR) is 99.8 cm³/mol. The van der Waals surface area contributed by atoms with Crippen molar-refractivity contribution in [1.29, 1.82) is 0 Å². The molecule has 0 bridgehead atoms. The molecule has 1 amide bonds. The number of hydrogen-bond acceptors (Lipinski definition) is 4. The highest BCUT2D eigenvalue weighted by molar-refractivity contribution is 6.30.